The maximum absolute atomic E-state index is 12.3. The molecule has 0 aliphatic heterocycles. The van der Waals surface area contributed by atoms with E-state index in [1.54, 1.807) is 12.1 Å². The molecular weight excluding hydrogens is 352 g/mol. The highest BCUT2D eigenvalue weighted by molar-refractivity contribution is 7.89. The molecule has 0 spiro atoms. The fourth-order valence-electron chi connectivity index (χ4n) is 2.47. The lowest BCUT2D eigenvalue weighted by Gasteiger charge is -2.11. The second-order valence-corrected chi connectivity index (χ2v) is 8.15. The van der Waals surface area contributed by atoms with Gasteiger partial charge in [-0.15, -0.1) is 0 Å². The van der Waals surface area contributed by atoms with Crippen LogP contribution < -0.4 is 14.8 Å². The van der Waals surface area contributed by atoms with Crippen LogP contribution in [0.3, 0.4) is 0 Å². The highest BCUT2D eigenvalue weighted by atomic mass is 32.2. The lowest BCUT2D eigenvalue weighted by Crippen LogP contribution is -2.32. The molecule has 2 aromatic rings. The van der Waals surface area contributed by atoms with Crippen molar-refractivity contribution in [3.63, 3.8) is 0 Å². The lowest BCUT2D eigenvalue weighted by molar-refractivity contribution is -0.115. The summed E-state index contributed by atoms with van der Waals surface area (Å²) >= 11 is 0. The van der Waals surface area contributed by atoms with Crippen molar-refractivity contribution in [3.8, 4) is 5.75 Å². The first kappa shape index (κ1) is 19.9. The molecule has 26 heavy (non-hydrogen) atoms. The van der Waals surface area contributed by atoms with Gasteiger partial charge < -0.3 is 10.1 Å². The van der Waals surface area contributed by atoms with Gasteiger partial charge in [0, 0.05) is 5.69 Å². The van der Waals surface area contributed by atoms with Crippen molar-refractivity contribution < 1.29 is 17.9 Å². The van der Waals surface area contributed by atoms with E-state index < -0.39 is 15.9 Å². The average Bonchev–Trinajstić information content (AvgIpc) is 2.52. The topological polar surface area (TPSA) is 84.5 Å². The summed E-state index contributed by atoms with van der Waals surface area (Å²) in [4.78, 5) is 12.1. The Labute approximate surface area is 154 Å². The van der Waals surface area contributed by atoms with Gasteiger partial charge in [0.15, 0.2) is 0 Å². The molecule has 0 bridgehead atoms. The summed E-state index contributed by atoms with van der Waals surface area (Å²) in [6, 6.07) is 11.7. The number of aryl methyl sites for hydroxylation is 2. The fraction of sp³-hybridized carbons (Fsp3) is 0.316. The maximum Gasteiger partial charge on any atom is 0.241 e. The first-order valence-corrected chi connectivity index (χ1v) is 9.78. The van der Waals surface area contributed by atoms with Crippen LogP contribution in [0.25, 0.3) is 0 Å². The van der Waals surface area contributed by atoms with Gasteiger partial charge in [-0.1, -0.05) is 6.07 Å². The minimum atomic E-state index is -3.78. The summed E-state index contributed by atoms with van der Waals surface area (Å²) in [5.41, 5.74) is 2.68. The van der Waals surface area contributed by atoms with Crippen molar-refractivity contribution in [3.05, 3.63) is 53.6 Å². The molecule has 1 amide bonds. The normalized spacial score (nSPS) is 11.4. The molecule has 0 aliphatic rings. The second-order valence-electron chi connectivity index (χ2n) is 6.39. The molecule has 2 aromatic carbocycles. The van der Waals surface area contributed by atoms with E-state index in [1.165, 1.54) is 12.1 Å². The smallest absolute Gasteiger partial charge is 0.241 e. The zero-order valence-electron chi connectivity index (χ0n) is 15.4. The molecule has 2 rings (SSSR count). The van der Waals surface area contributed by atoms with E-state index in [9.17, 15) is 13.2 Å². The molecule has 0 unspecified atom stereocenters. The number of carbonyl (C=O) groups is 1. The van der Waals surface area contributed by atoms with Gasteiger partial charge in [0.1, 0.15) is 5.75 Å². The Bertz CT molecular complexity index is 855. The zero-order chi connectivity index (χ0) is 19.3. The number of benzene rings is 2. The van der Waals surface area contributed by atoms with Crippen molar-refractivity contribution in [2.24, 2.45) is 0 Å². The molecule has 0 heterocycles. The van der Waals surface area contributed by atoms with Crippen LogP contribution in [0.2, 0.25) is 0 Å². The van der Waals surface area contributed by atoms with E-state index in [0.29, 0.717) is 11.4 Å². The van der Waals surface area contributed by atoms with Gasteiger partial charge >= 0.3 is 0 Å². The minimum Gasteiger partial charge on any atom is -0.491 e. The SMILES string of the molecule is Cc1cc(C)cc(NC(=O)CNS(=O)(=O)c2ccc(OC(C)C)cc2)c1. The largest absolute Gasteiger partial charge is 0.491 e. The third kappa shape index (κ3) is 5.86. The number of amides is 1. The number of nitrogens with one attached hydrogen (secondary N) is 2. The number of hydrogen-bond donors (Lipinski definition) is 2. The van der Waals surface area contributed by atoms with E-state index in [4.69, 9.17) is 4.74 Å². The van der Waals surface area contributed by atoms with Gasteiger partial charge in [0.05, 0.1) is 17.5 Å². The number of hydrogen-bond acceptors (Lipinski definition) is 4. The molecule has 6 nitrogen and oxygen atoms in total. The number of rotatable bonds is 7. The standard InChI is InChI=1S/C19H24N2O4S/c1-13(2)25-17-5-7-18(8-6-17)26(23,24)20-12-19(22)21-16-10-14(3)9-15(4)11-16/h5-11,13,20H,12H2,1-4H3,(H,21,22). The van der Waals surface area contributed by atoms with Crippen molar-refractivity contribution in [1.29, 1.82) is 0 Å². The summed E-state index contributed by atoms with van der Waals surface area (Å²) in [5, 5.41) is 2.69. The van der Waals surface area contributed by atoms with Gasteiger partial charge in [-0.05, 0) is 75.2 Å². The summed E-state index contributed by atoms with van der Waals surface area (Å²) in [5.74, 6) is 0.157. The van der Waals surface area contributed by atoms with Gasteiger partial charge in [0.25, 0.3) is 0 Å². The average molecular weight is 376 g/mol. The minimum absolute atomic E-state index is 0.00420. The summed E-state index contributed by atoms with van der Waals surface area (Å²) in [7, 11) is -3.78. The molecular formula is C19H24N2O4S. The van der Waals surface area contributed by atoms with E-state index >= 15 is 0 Å². The Balaban J connectivity index is 1.97. The Morgan fingerprint density at radius 3 is 2.15 bits per heavy atom. The molecule has 0 fully saturated rings. The molecule has 0 saturated carbocycles. The Morgan fingerprint density at radius 1 is 1.04 bits per heavy atom. The van der Waals surface area contributed by atoms with Gasteiger partial charge in [-0.2, -0.15) is 0 Å². The van der Waals surface area contributed by atoms with Crippen molar-refractivity contribution in [2.45, 2.75) is 38.7 Å². The summed E-state index contributed by atoms with van der Waals surface area (Å²) < 4.78 is 32.4. The molecule has 0 radical (unpaired) electrons. The first-order chi connectivity index (χ1) is 12.2. The number of anilines is 1. The number of carbonyl (C=O) groups excluding carboxylic acids is 1. The fourth-order valence-corrected chi connectivity index (χ4v) is 3.45. The van der Waals surface area contributed by atoms with E-state index in [1.807, 2.05) is 45.9 Å². The Kier molecular flexibility index (Phi) is 6.39. The van der Waals surface area contributed by atoms with Crippen LogP contribution in [0.15, 0.2) is 47.4 Å². The second kappa shape index (κ2) is 8.33. The van der Waals surface area contributed by atoms with Gasteiger partial charge in [-0.3, -0.25) is 4.79 Å². The molecule has 140 valence electrons. The maximum atomic E-state index is 12.3. The summed E-state index contributed by atoms with van der Waals surface area (Å²) in [6.07, 6.45) is 0.00420. The third-order valence-electron chi connectivity index (χ3n) is 3.43. The van der Waals surface area contributed by atoms with Crippen LogP contribution in [-0.2, 0) is 14.8 Å². The Morgan fingerprint density at radius 2 is 1.62 bits per heavy atom. The van der Waals surface area contributed by atoms with E-state index in [2.05, 4.69) is 10.0 Å². The molecule has 0 saturated heterocycles. The van der Waals surface area contributed by atoms with E-state index in [-0.39, 0.29) is 17.5 Å². The van der Waals surface area contributed by atoms with Crippen molar-refractivity contribution in [1.82, 2.24) is 4.72 Å². The van der Waals surface area contributed by atoms with Gasteiger partial charge in [0.2, 0.25) is 15.9 Å². The van der Waals surface area contributed by atoms with Crippen molar-refractivity contribution >= 4 is 21.6 Å². The van der Waals surface area contributed by atoms with Crippen LogP contribution in [0, 0.1) is 13.8 Å². The lowest BCUT2D eigenvalue weighted by atomic mass is 10.1. The van der Waals surface area contributed by atoms with E-state index in [0.717, 1.165) is 11.1 Å². The molecule has 7 heteroatoms. The quantitative estimate of drug-likeness (QED) is 0.778. The number of sulfonamides is 1. The van der Waals surface area contributed by atoms with Crippen LogP contribution in [-0.4, -0.2) is 27.0 Å². The molecule has 0 aliphatic carbocycles. The predicted molar refractivity (Wildman–Crippen MR) is 102 cm³/mol. The van der Waals surface area contributed by atoms with Crippen LogP contribution in [0.4, 0.5) is 5.69 Å². The first-order valence-electron chi connectivity index (χ1n) is 8.30. The molecule has 2 N–H and O–H groups in total. The summed E-state index contributed by atoms with van der Waals surface area (Å²) in [6.45, 7) is 7.29. The monoisotopic (exact) mass is 376 g/mol. The zero-order valence-corrected chi connectivity index (χ0v) is 16.2. The molecule has 0 aromatic heterocycles. The van der Waals surface area contributed by atoms with Crippen molar-refractivity contribution in [2.75, 3.05) is 11.9 Å². The van der Waals surface area contributed by atoms with Crippen LogP contribution in [0.1, 0.15) is 25.0 Å². The van der Waals surface area contributed by atoms with Crippen LogP contribution in [0.5, 0.6) is 5.75 Å². The number of ether oxygens (including phenoxy) is 1. The van der Waals surface area contributed by atoms with Crippen LogP contribution >= 0.6 is 0 Å². The van der Waals surface area contributed by atoms with Gasteiger partial charge in [-0.25, -0.2) is 13.1 Å². The third-order valence-corrected chi connectivity index (χ3v) is 4.85. The highest BCUT2D eigenvalue weighted by Crippen LogP contribution is 2.17. The predicted octanol–water partition coefficient (Wildman–Crippen LogP) is 3.01. The highest BCUT2D eigenvalue weighted by Gasteiger charge is 2.16. The molecule has 0 atom stereocenters. The Hall–Kier alpha value is -2.38.